The molecule has 6 nitrogen and oxygen atoms in total. The molecule has 2 heterocycles. The molecule has 0 spiro atoms. The maximum absolute atomic E-state index is 12.3. The first-order valence-electron chi connectivity index (χ1n) is 9.62. The summed E-state index contributed by atoms with van der Waals surface area (Å²) in [6, 6.07) is 8.32. The minimum atomic E-state index is -0.108. The molecule has 1 aromatic heterocycles. The maximum Gasteiger partial charge on any atom is 0.241 e. The lowest BCUT2D eigenvalue weighted by molar-refractivity contribution is -0.134. The monoisotopic (exact) mass is 368 g/mol. The van der Waals surface area contributed by atoms with Crippen LogP contribution in [-0.4, -0.2) is 46.5 Å². The van der Waals surface area contributed by atoms with Crippen LogP contribution in [0.1, 0.15) is 43.9 Å². The third-order valence-electron chi connectivity index (χ3n) is 5.30. The molecular weight excluding hydrogens is 340 g/mol. The van der Waals surface area contributed by atoms with E-state index >= 15 is 0 Å². The standard InChI is InChI=1S/C21H28N4O2/c1-14(2)21(27)22-13-19(26)25-10-8-16(9-11-25)20-18(12-23-24-20)17-7-5-4-6-15(17)3/h4-7,12,14,16H,8-11,13H2,1-3H3,(H,22,27)(H,23,24). The molecule has 0 radical (unpaired) electrons. The topological polar surface area (TPSA) is 78.1 Å². The highest BCUT2D eigenvalue weighted by Crippen LogP contribution is 2.34. The Hall–Kier alpha value is -2.63. The van der Waals surface area contributed by atoms with Gasteiger partial charge in [-0.15, -0.1) is 0 Å². The molecule has 1 fully saturated rings. The molecule has 2 N–H and O–H groups in total. The van der Waals surface area contributed by atoms with Crippen molar-refractivity contribution in [3.8, 4) is 11.1 Å². The fourth-order valence-electron chi connectivity index (χ4n) is 3.59. The van der Waals surface area contributed by atoms with Gasteiger partial charge in [-0.3, -0.25) is 14.7 Å². The zero-order chi connectivity index (χ0) is 19.4. The predicted molar refractivity (Wildman–Crippen MR) is 105 cm³/mol. The highest BCUT2D eigenvalue weighted by Gasteiger charge is 2.27. The highest BCUT2D eigenvalue weighted by atomic mass is 16.2. The SMILES string of the molecule is Cc1ccccc1-c1cn[nH]c1C1CCN(C(=O)CNC(=O)C(C)C)CC1. The number of rotatable bonds is 5. The number of carbonyl (C=O) groups excluding carboxylic acids is 2. The molecule has 0 atom stereocenters. The number of nitrogens with zero attached hydrogens (tertiary/aromatic N) is 2. The molecule has 144 valence electrons. The lowest BCUT2D eigenvalue weighted by Gasteiger charge is -2.32. The Morgan fingerprint density at radius 3 is 2.59 bits per heavy atom. The zero-order valence-electron chi connectivity index (χ0n) is 16.3. The van der Waals surface area contributed by atoms with Gasteiger partial charge in [-0.25, -0.2) is 0 Å². The van der Waals surface area contributed by atoms with Crippen LogP contribution in [0.2, 0.25) is 0 Å². The average molecular weight is 368 g/mol. The normalized spacial score (nSPS) is 15.2. The first kappa shape index (κ1) is 19.1. The summed E-state index contributed by atoms with van der Waals surface area (Å²) in [4.78, 5) is 25.8. The van der Waals surface area contributed by atoms with Crippen LogP contribution < -0.4 is 5.32 Å². The molecule has 0 aliphatic carbocycles. The summed E-state index contributed by atoms with van der Waals surface area (Å²) < 4.78 is 0. The number of likely N-dealkylation sites (tertiary alicyclic amines) is 1. The average Bonchev–Trinajstić information content (AvgIpc) is 3.15. The van der Waals surface area contributed by atoms with Gasteiger partial charge in [-0.2, -0.15) is 5.10 Å². The summed E-state index contributed by atoms with van der Waals surface area (Å²) in [6.07, 6.45) is 3.69. The lowest BCUT2D eigenvalue weighted by Crippen LogP contribution is -2.44. The Kier molecular flexibility index (Phi) is 5.94. The van der Waals surface area contributed by atoms with Crippen LogP contribution in [0.4, 0.5) is 0 Å². The van der Waals surface area contributed by atoms with E-state index in [1.807, 2.05) is 37.1 Å². The van der Waals surface area contributed by atoms with E-state index in [1.54, 1.807) is 0 Å². The largest absolute Gasteiger partial charge is 0.347 e. The molecule has 6 heteroatoms. The number of H-pyrrole nitrogens is 1. The van der Waals surface area contributed by atoms with Gasteiger partial charge in [0.25, 0.3) is 0 Å². The summed E-state index contributed by atoms with van der Waals surface area (Å²) in [5.74, 6) is 0.157. The van der Waals surface area contributed by atoms with Crippen molar-refractivity contribution in [2.45, 2.75) is 39.5 Å². The second-order valence-corrected chi connectivity index (χ2v) is 7.54. The molecular formula is C21H28N4O2. The van der Waals surface area contributed by atoms with Gasteiger partial charge in [0.2, 0.25) is 11.8 Å². The molecule has 1 aliphatic heterocycles. The van der Waals surface area contributed by atoms with Gasteiger partial charge >= 0.3 is 0 Å². The number of carbonyl (C=O) groups is 2. The fraction of sp³-hybridized carbons (Fsp3) is 0.476. The number of nitrogens with one attached hydrogen (secondary N) is 2. The Morgan fingerprint density at radius 2 is 1.93 bits per heavy atom. The van der Waals surface area contributed by atoms with E-state index in [0.29, 0.717) is 19.0 Å². The number of benzene rings is 1. The molecule has 2 aromatic rings. The van der Waals surface area contributed by atoms with Crippen LogP contribution in [0.5, 0.6) is 0 Å². The van der Waals surface area contributed by atoms with Crippen LogP contribution >= 0.6 is 0 Å². The van der Waals surface area contributed by atoms with Crippen LogP contribution in [0.3, 0.4) is 0 Å². The Labute approximate surface area is 160 Å². The first-order valence-corrected chi connectivity index (χ1v) is 9.62. The zero-order valence-corrected chi connectivity index (χ0v) is 16.3. The molecule has 1 saturated heterocycles. The van der Waals surface area contributed by atoms with Gasteiger partial charge in [-0.1, -0.05) is 38.1 Å². The second-order valence-electron chi connectivity index (χ2n) is 7.54. The van der Waals surface area contributed by atoms with Crippen molar-refractivity contribution in [2.24, 2.45) is 5.92 Å². The minimum absolute atomic E-state index is 0.00816. The smallest absolute Gasteiger partial charge is 0.241 e. The molecule has 0 unspecified atom stereocenters. The number of hydrogen-bond donors (Lipinski definition) is 2. The summed E-state index contributed by atoms with van der Waals surface area (Å²) in [5.41, 5.74) is 4.75. The van der Waals surface area contributed by atoms with Crippen molar-refractivity contribution in [2.75, 3.05) is 19.6 Å². The third kappa shape index (κ3) is 4.38. The molecule has 1 aromatic carbocycles. The summed E-state index contributed by atoms with van der Waals surface area (Å²) in [7, 11) is 0. The van der Waals surface area contributed by atoms with Gasteiger partial charge in [0.1, 0.15) is 0 Å². The predicted octanol–water partition coefficient (Wildman–Crippen LogP) is 2.86. The number of aryl methyl sites for hydroxylation is 1. The summed E-state index contributed by atoms with van der Waals surface area (Å²) in [6.45, 7) is 7.24. The number of piperidine rings is 1. The minimum Gasteiger partial charge on any atom is -0.347 e. The van der Waals surface area contributed by atoms with Gasteiger partial charge < -0.3 is 10.2 Å². The molecule has 0 bridgehead atoms. The van der Waals surface area contributed by atoms with E-state index in [1.165, 1.54) is 11.1 Å². The van der Waals surface area contributed by atoms with E-state index < -0.39 is 0 Å². The molecule has 1 aliphatic rings. The van der Waals surface area contributed by atoms with Gasteiger partial charge in [0.15, 0.2) is 0 Å². The number of aromatic amines is 1. The van der Waals surface area contributed by atoms with E-state index in [4.69, 9.17) is 0 Å². The lowest BCUT2D eigenvalue weighted by atomic mass is 9.88. The van der Waals surface area contributed by atoms with Crippen molar-refractivity contribution in [3.63, 3.8) is 0 Å². The van der Waals surface area contributed by atoms with Crippen LogP contribution in [0, 0.1) is 12.8 Å². The molecule has 27 heavy (non-hydrogen) atoms. The molecule has 0 saturated carbocycles. The van der Waals surface area contributed by atoms with Crippen molar-refractivity contribution in [1.82, 2.24) is 20.4 Å². The van der Waals surface area contributed by atoms with Gasteiger partial charge in [0, 0.05) is 36.2 Å². The maximum atomic E-state index is 12.3. The van der Waals surface area contributed by atoms with Crippen molar-refractivity contribution >= 4 is 11.8 Å². The van der Waals surface area contributed by atoms with E-state index in [9.17, 15) is 9.59 Å². The second kappa shape index (κ2) is 8.37. The van der Waals surface area contributed by atoms with Crippen molar-refractivity contribution in [3.05, 3.63) is 41.7 Å². The molecule has 3 rings (SSSR count). The van der Waals surface area contributed by atoms with Crippen molar-refractivity contribution in [1.29, 1.82) is 0 Å². The number of amides is 2. The van der Waals surface area contributed by atoms with Crippen LogP contribution in [0.15, 0.2) is 30.5 Å². The third-order valence-corrected chi connectivity index (χ3v) is 5.30. The fourth-order valence-corrected chi connectivity index (χ4v) is 3.59. The number of hydrogen-bond acceptors (Lipinski definition) is 3. The Balaban J connectivity index is 1.61. The summed E-state index contributed by atoms with van der Waals surface area (Å²) >= 11 is 0. The number of aromatic nitrogens is 2. The Bertz CT molecular complexity index is 804. The van der Waals surface area contributed by atoms with Gasteiger partial charge in [-0.05, 0) is 30.9 Å². The van der Waals surface area contributed by atoms with Crippen LogP contribution in [0.25, 0.3) is 11.1 Å². The first-order chi connectivity index (χ1) is 13.0. The molecule has 2 amide bonds. The quantitative estimate of drug-likeness (QED) is 0.852. The highest BCUT2D eigenvalue weighted by molar-refractivity contribution is 5.85. The van der Waals surface area contributed by atoms with Gasteiger partial charge in [0.05, 0.1) is 12.7 Å². The van der Waals surface area contributed by atoms with Crippen LogP contribution in [-0.2, 0) is 9.59 Å². The Morgan fingerprint density at radius 1 is 1.22 bits per heavy atom. The van der Waals surface area contributed by atoms with E-state index in [-0.39, 0.29) is 24.3 Å². The van der Waals surface area contributed by atoms with E-state index in [2.05, 4.69) is 34.6 Å². The van der Waals surface area contributed by atoms with E-state index in [0.717, 1.165) is 24.1 Å². The summed E-state index contributed by atoms with van der Waals surface area (Å²) in [5, 5.41) is 10.2. The van der Waals surface area contributed by atoms with Crippen molar-refractivity contribution < 1.29 is 9.59 Å².